The van der Waals surface area contributed by atoms with Gasteiger partial charge in [0.05, 0.1) is 13.2 Å². The first kappa shape index (κ1) is 26.2. The number of aryl methyl sites for hydroxylation is 1. The molecule has 27 heavy (non-hydrogen) atoms. The number of nitrogens with zero attached hydrogens (tertiary/aromatic N) is 2. The molecule has 1 aromatic rings. The average Bonchev–Trinajstić information content (AvgIpc) is 2.55. The molecule has 8 nitrogen and oxygen atoms in total. The topological polar surface area (TPSA) is 120 Å². The van der Waals surface area contributed by atoms with Crippen LogP contribution < -0.4 is 5.44 Å². The van der Waals surface area contributed by atoms with E-state index in [1.807, 2.05) is 0 Å². The van der Waals surface area contributed by atoms with E-state index in [1.54, 1.807) is 58.1 Å². The van der Waals surface area contributed by atoms with Gasteiger partial charge in [0.25, 0.3) is 0 Å². The van der Waals surface area contributed by atoms with Gasteiger partial charge in [-0.2, -0.15) is 5.70 Å². The van der Waals surface area contributed by atoms with E-state index in [-0.39, 0.29) is 35.7 Å². The van der Waals surface area contributed by atoms with Crippen molar-refractivity contribution in [2.45, 2.75) is 33.5 Å². The van der Waals surface area contributed by atoms with E-state index in [4.69, 9.17) is 9.05 Å². The Morgan fingerprint density at radius 3 is 2.30 bits per heavy atom. The minimum absolute atomic E-state index is 0. The third-order valence-corrected chi connectivity index (χ3v) is 6.09. The van der Waals surface area contributed by atoms with Crippen molar-refractivity contribution < 1.29 is 45.0 Å². The van der Waals surface area contributed by atoms with Crippen LogP contribution in [0.2, 0.25) is 0 Å². The van der Waals surface area contributed by atoms with Crippen LogP contribution in [0.3, 0.4) is 0 Å². The monoisotopic (exact) mass is 459 g/mol. The average molecular weight is 459 g/mol. The van der Waals surface area contributed by atoms with Gasteiger partial charge in [-0.05, 0) is 32.9 Å². The Hall–Kier alpha value is -0.751. The summed E-state index contributed by atoms with van der Waals surface area (Å²) >= 11 is 0. The van der Waals surface area contributed by atoms with E-state index in [9.17, 15) is 18.9 Å². The van der Waals surface area contributed by atoms with Crippen molar-refractivity contribution in [2.75, 3.05) is 13.2 Å². The number of rotatable bonds is 6. The van der Waals surface area contributed by atoms with Gasteiger partial charge in [-0.15, -0.1) is 0 Å². The summed E-state index contributed by atoms with van der Waals surface area (Å²) in [6.45, 7) is 7.30. The normalized spacial score (nSPS) is 19.9. The maximum absolute atomic E-state index is 11.5. The molecule has 0 amide bonds. The van der Waals surface area contributed by atoms with Crippen molar-refractivity contribution in [3.63, 3.8) is 0 Å². The molecule has 3 unspecified atom stereocenters. The van der Waals surface area contributed by atoms with Gasteiger partial charge in [0.2, 0.25) is 0 Å². The molecule has 0 spiro atoms. The van der Waals surface area contributed by atoms with Crippen LogP contribution in [0.4, 0.5) is 0 Å². The number of allylic oxidation sites excluding steroid dienone is 3. The van der Waals surface area contributed by atoms with Crippen molar-refractivity contribution >= 4 is 20.6 Å². The second-order valence-electron chi connectivity index (χ2n) is 5.29. The summed E-state index contributed by atoms with van der Waals surface area (Å²) in [4.78, 5) is 22.7. The van der Waals surface area contributed by atoms with Gasteiger partial charge in [-0.3, -0.25) is 9.13 Å². The Morgan fingerprint density at radius 1 is 1.15 bits per heavy atom. The number of aromatic nitrogens is 1. The third-order valence-electron chi connectivity index (χ3n) is 3.07. The second-order valence-corrected chi connectivity index (χ2v) is 8.97. The van der Waals surface area contributed by atoms with E-state index in [0.29, 0.717) is 5.69 Å². The molecule has 2 rings (SSSR count). The summed E-state index contributed by atoms with van der Waals surface area (Å²) in [5, 5.41) is 4.01. The van der Waals surface area contributed by atoms with Crippen molar-refractivity contribution in [2.24, 2.45) is 0 Å². The van der Waals surface area contributed by atoms with Gasteiger partial charge in [-0.1, -0.05) is 31.2 Å². The van der Waals surface area contributed by atoms with E-state index >= 15 is 0 Å². The molecule has 0 aliphatic carbocycles. The fraction of sp³-hybridized carbons (Fsp3) is 0.438. The molecule has 0 fully saturated rings. The van der Waals surface area contributed by atoms with Gasteiger partial charge >= 0.3 is 15.2 Å². The zero-order chi connectivity index (χ0) is 19.8. The Balaban J connectivity index is 0.000000483. The van der Waals surface area contributed by atoms with Crippen molar-refractivity contribution in [1.82, 2.24) is 4.98 Å². The SMILES string of the molecule is CCOP(=O)(O)C1C=CC=C(C)[N-]1.CCOP(=O)(O)c1cccc(C)n1.[Fe]. The third kappa shape index (κ3) is 8.86. The van der Waals surface area contributed by atoms with Crippen molar-refractivity contribution in [3.05, 3.63) is 53.1 Å². The molecule has 3 atom stereocenters. The van der Waals surface area contributed by atoms with Crippen LogP contribution in [0.1, 0.15) is 26.5 Å². The Kier molecular flexibility index (Phi) is 11.6. The van der Waals surface area contributed by atoms with Crippen LogP contribution in [0.5, 0.6) is 0 Å². The zero-order valence-corrected chi connectivity index (χ0v) is 18.5. The fourth-order valence-corrected chi connectivity index (χ4v) is 4.17. The molecule has 0 bridgehead atoms. The molecule has 2 N–H and O–H groups in total. The van der Waals surface area contributed by atoms with Gasteiger partial charge in [0, 0.05) is 28.5 Å². The largest absolute Gasteiger partial charge is 0.672 e. The summed E-state index contributed by atoms with van der Waals surface area (Å²) < 4.78 is 32.4. The van der Waals surface area contributed by atoms with Crippen LogP contribution in [0, 0.1) is 6.92 Å². The van der Waals surface area contributed by atoms with E-state index in [0.717, 1.165) is 5.70 Å². The summed E-state index contributed by atoms with van der Waals surface area (Å²) in [7, 11) is -7.28. The molecule has 1 aliphatic rings. The van der Waals surface area contributed by atoms with Gasteiger partial charge < -0.3 is 24.2 Å². The van der Waals surface area contributed by atoms with Crippen LogP contribution in [0.15, 0.2) is 42.1 Å². The maximum atomic E-state index is 11.5. The van der Waals surface area contributed by atoms with Gasteiger partial charge in [0.1, 0.15) is 0 Å². The Labute approximate surface area is 170 Å². The van der Waals surface area contributed by atoms with Crippen LogP contribution in [0.25, 0.3) is 5.32 Å². The van der Waals surface area contributed by atoms with Gasteiger partial charge in [0.15, 0.2) is 5.44 Å². The van der Waals surface area contributed by atoms with E-state index < -0.39 is 21.0 Å². The minimum atomic E-state index is -3.68. The first-order valence-electron chi connectivity index (χ1n) is 8.07. The molecule has 0 saturated carbocycles. The molecular formula is C16H25FeN2O6P2-. The first-order chi connectivity index (χ1) is 12.1. The Bertz CT molecular complexity index is 756. The quantitative estimate of drug-likeness (QED) is 0.493. The predicted octanol–water partition coefficient (Wildman–Crippen LogP) is 3.62. The number of pyridine rings is 1. The van der Waals surface area contributed by atoms with E-state index in [1.165, 1.54) is 6.07 Å². The molecule has 1 aliphatic heterocycles. The molecule has 0 radical (unpaired) electrons. The summed E-state index contributed by atoms with van der Waals surface area (Å²) in [6, 6.07) is 4.93. The fourth-order valence-electron chi connectivity index (χ4n) is 1.96. The summed E-state index contributed by atoms with van der Waals surface area (Å²) in [5.74, 6) is -0.738. The van der Waals surface area contributed by atoms with Crippen LogP contribution >= 0.6 is 15.2 Å². The summed E-state index contributed by atoms with van der Waals surface area (Å²) in [5.41, 5.74) is 1.54. The molecule has 1 aromatic heterocycles. The van der Waals surface area contributed by atoms with Gasteiger partial charge in [-0.25, -0.2) is 4.98 Å². The standard InChI is InChI=1S/C8H13NO3P.C8H12NO3P.Fe/c2*1-3-12-13(10,11)8-6-4-5-7(2)9-8;/h4-6,8H,3H2,1-2H3,(H,10,11);4-6H,3H2,1-2H3,(H,10,11);/q-1;;. The van der Waals surface area contributed by atoms with Crippen LogP contribution in [-0.2, 0) is 35.2 Å². The molecule has 0 saturated heterocycles. The molecule has 2 heterocycles. The zero-order valence-electron chi connectivity index (χ0n) is 15.6. The summed E-state index contributed by atoms with van der Waals surface area (Å²) in [6.07, 6.45) is 5.07. The smallest absolute Gasteiger partial charge is 0.376 e. The maximum Gasteiger partial charge on any atom is 0.376 e. The van der Waals surface area contributed by atoms with E-state index in [2.05, 4.69) is 10.3 Å². The molecule has 154 valence electrons. The number of hydrogen-bond acceptors (Lipinski definition) is 5. The molecular weight excluding hydrogens is 434 g/mol. The molecule has 11 heteroatoms. The first-order valence-corrected chi connectivity index (χ1v) is 11.3. The molecule has 0 aromatic carbocycles. The Morgan fingerprint density at radius 2 is 1.78 bits per heavy atom. The van der Waals surface area contributed by atoms with Crippen molar-refractivity contribution in [3.8, 4) is 0 Å². The minimum Gasteiger partial charge on any atom is -0.672 e. The van der Waals surface area contributed by atoms with Crippen molar-refractivity contribution in [1.29, 1.82) is 0 Å². The number of hydrogen-bond donors (Lipinski definition) is 2. The predicted molar refractivity (Wildman–Crippen MR) is 102 cm³/mol. The second kappa shape index (κ2) is 11.9. The van der Waals surface area contributed by atoms with Crippen LogP contribution in [-0.4, -0.2) is 33.8 Å².